The molecule has 0 spiro atoms. The third-order valence-corrected chi connectivity index (χ3v) is 6.99. The maximum absolute atomic E-state index is 11.9. The molecular formula is C23H20Cl2N4O4S2. The molecule has 35 heavy (non-hydrogen) atoms. The van der Waals surface area contributed by atoms with Crippen LogP contribution in [0.2, 0.25) is 10.0 Å². The van der Waals surface area contributed by atoms with E-state index in [4.69, 9.17) is 37.7 Å². The SMILES string of the molecule is COCOc1cccc(-c2nc(-c3c(Cl)cc(S(C)=O)cc3Cl)n(O)c2-c2ccnc(SC)n2)c1. The first kappa shape index (κ1) is 25.5. The summed E-state index contributed by atoms with van der Waals surface area (Å²) in [7, 11) is 0.245. The molecule has 0 aliphatic carbocycles. The Balaban J connectivity index is 1.97. The van der Waals surface area contributed by atoms with Crippen molar-refractivity contribution in [1.82, 2.24) is 19.7 Å². The molecule has 182 valence electrons. The number of benzene rings is 2. The fourth-order valence-electron chi connectivity index (χ4n) is 3.37. The van der Waals surface area contributed by atoms with Crippen molar-refractivity contribution >= 4 is 45.8 Å². The van der Waals surface area contributed by atoms with Crippen molar-refractivity contribution in [3.63, 3.8) is 0 Å². The Bertz CT molecular complexity index is 1390. The van der Waals surface area contributed by atoms with E-state index in [0.717, 1.165) is 4.73 Å². The topological polar surface area (TPSA) is 99.4 Å². The molecule has 0 aliphatic heterocycles. The zero-order valence-electron chi connectivity index (χ0n) is 18.9. The van der Waals surface area contributed by atoms with Gasteiger partial charge in [-0.15, -0.1) is 0 Å². The van der Waals surface area contributed by atoms with Crippen LogP contribution in [0.4, 0.5) is 0 Å². The van der Waals surface area contributed by atoms with E-state index in [2.05, 4.69) is 9.97 Å². The zero-order chi connectivity index (χ0) is 25.1. The van der Waals surface area contributed by atoms with Gasteiger partial charge in [0.15, 0.2) is 17.8 Å². The number of nitrogens with zero attached hydrogens (tertiary/aromatic N) is 4. The van der Waals surface area contributed by atoms with Gasteiger partial charge in [-0.05, 0) is 36.6 Å². The zero-order valence-corrected chi connectivity index (χ0v) is 22.0. The summed E-state index contributed by atoms with van der Waals surface area (Å²) in [6.45, 7) is 0.0787. The molecule has 0 bridgehead atoms. The number of thioether (sulfide) groups is 1. The van der Waals surface area contributed by atoms with Gasteiger partial charge in [-0.3, -0.25) is 4.21 Å². The first-order valence-electron chi connectivity index (χ1n) is 10.1. The molecule has 1 atom stereocenters. The van der Waals surface area contributed by atoms with Crippen molar-refractivity contribution < 1.29 is 18.9 Å². The average Bonchev–Trinajstić information content (AvgIpc) is 3.19. The summed E-state index contributed by atoms with van der Waals surface area (Å²) in [5.41, 5.74) is 2.14. The highest BCUT2D eigenvalue weighted by Crippen LogP contribution is 2.41. The number of hydrogen-bond acceptors (Lipinski definition) is 8. The summed E-state index contributed by atoms with van der Waals surface area (Å²) in [6.07, 6.45) is 4.99. The van der Waals surface area contributed by atoms with E-state index in [1.54, 1.807) is 42.6 Å². The molecule has 2 heterocycles. The van der Waals surface area contributed by atoms with E-state index in [1.165, 1.54) is 25.1 Å². The summed E-state index contributed by atoms with van der Waals surface area (Å²) < 4.78 is 23.4. The van der Waals surface area contributed by atoms with Crippen molar-refractivity contribution in [2.75, 3.05) is 26.4 Å². The first-order valence-corrected chi connectivity index (χ1v) is 13.6. The largest absolute Gasteiger partial charge is 0.468 e. The summed E-state index contributed by atoms with van der Waals surface area (Å²) in [5, 5.41) is 12.3. The summed E-state index contributed by atoms with van der Waals surface area (Å²) >= 11 is 14.4. The van der Waals surface area contributed by atoms with Gasteiger partial charge in [0.2, 0.25) is 0 Å². The maximum atomic E-state index is 11.9. The minimum absolute atomic E-state index is 0.0787. The number of halogens is 2. The quantitative estimate of drug-likeness (QED) is 0.130. The van der Waals surface area contributed by atoms with Gasteiger partial charge >= 0.3 is 0 Å². The maximum Gasteiger partial charge on any atom is 0.188 e. The Kier molecular flexibility index (Phi) is 7.98. The van der Waals surface area contributed by atoms with Gasteiger partial charge in [0.1, 0.15) is 17.1 Å². The van der Waals surface area contributed by atoms with E-state index >= 15 is 0 Å². The van der Waals surface area contributed by atoms with Crippen molar-refractivity contribution in [3.8, 4) is 39.8 Å². The van der Waals surface area contributed by atoms with Gasteiger partial charge in [-0.1, -0.05) is 47.1 Å². The van der Waals surface area contributed by atoms with Crippen LogP contribution in [-0.2, 0) is 15.5 Å². The number of rotatable bonds is 8. The van der Waals surface area contributed by atoms with E-state index in [9.17, 15) is 9.42 Å². The lowest BCUT2D eigenvalue weighted by atomic mass is 10.1. The summed E-state index contributed by atoms with van der Waals surface area (Å²) in [4.78, 5) is 13.9. The molecule has 0 saturated carbocycles. The van der Waals surface area contributed by atoms with Gasteiger partial charge in [-0.25, -0.2) is 15.0 Å². The van der Waals surface area contributed by atoms with E-state index < -0.39 is 10.8 Å². The molecular weight excluding hydrogens is 531 g/mol. The molecule has 0 amide bonds. The third-order valence-electron chi connectivity index (χ3n) is 4.94. The summed E-state index contributed by atoms with van der Waals surface area (Å²) in [5.74, 6) is 0.661. The predicted molar refractivity (Wildman–Crippen MR) is 138 cm³/mol. The standard InChI is InChI=1S/C23H20Cl2N4O4S2/c1-32-12-33-14-6-4-5-13(9-14)20-21(18-7-8-26-23(27-18)34-2)29(30)22(28-20)19-16(24)10-15(35(3)31)11-17(19)25/h4-11,30H,12H2,1-3H3. The van der Waals surface area contributed by atoms with Crippen LogP contribution >= 0.6 is 35.0 Å². The number of aromatic nitrogens is 4. The lowest BCUT2D eigenvalue weighted by molar-refractivity contribution is 0.0511. The Hall–Kier alpha value is -2.63. The van der Waals surface area contributed by atoms with Gasteiger partial charge < -0.3 is 14.7 Å². The molecule has 2 aromatic carbocycles. The fourth-order valence-corrected chi connectivity index (χ4v) is 5.07. The van der Waals surface area contributed by atoms with Gasteiger partial charge in [0.05, 0.1) is 21.3 Å². The highest BCUT2D eigenvalue weighted by atomic mass is 35.5. The molecule has 1 unspecified atom stereocenters. The third kappa shape index (κ3) is 5.31. The van der Waals surface area contributed by atoms with Crippen LogP contribution in [0, 0.1) is 0 Å². The van der Waals surface area contributed by atoms with Gasteiger partial charge in [0, 0.05) is 40.8 Å². The molecule has 4 aromatic rings. The Morgan fingerprint density at radius 2 is 1.89 bits per heavy atom. The number of hydrogen-bond donors (Lipinski definition) is 1. The molecule has 2 aromatic heterocycles. The number of methoxy groups -OCH3 is 1. The van der Waals surface area contributed by atoms with Crippen LogP contribution in [0.15, 0.2) is 58.7 Å². The van der Waals surface area contributed by atoms with Crippen LogP contribution in [-0.4, -0.2) is 55.5 Å². The van der Waals surface area contributed by atoms with Crippen LogP contribution in [0.3, 0.4) is 0 Å². The first-order chi connectivity index (χ1) is 16.8. The minimum Gasteiger partial charge on any atom is -0.468 e. The smallest absolute Gasteiger partial charge is 0.188 e. The molecule has 0 saturated heterocycles. The van der Waals surface area contributed by atoms with E-state index in [1.807, 2.05) is 12.3 Å². The number of imidazole rings is 1. The highest BCUT2D eigenvalue weighted by molar-refractivity contribution is 7.98. The van der Waals surface area contributed by atoms with Crippen molar-refractivity contribution in [3.05, 3.63) is 58.7 Å². The Morgan fingerprint density at radius 1 is 1.14 bits per heavy atom. The van der Waals surface area contributed by atoms with Crippen molar-refractivity contribution in [2.24, 2.45) is 0 Å². The van der Waals surface area contributed by atoms with Gasteiger partial charge in [0.25, 0.3) is 0 Å². The molecule has 1 N–H and O–H groups in total. The van der Waals surface area contributed by atoms with Crippen molar-refractivity contribution in [1.29, 1.82) is 0 Å². The Morgan fingerprint density at radius 3 is 2.54 bits per heavy atom. The lowest BCUT2D eigenvalue weighted by Gasteiger charge is -2.10. The predicted octanol–water partition coefficient (Wildman–Crippen LogP) is 5.66. The van der Waals surface area contributed by atoms with Crippen LogP contribution in [0.5, 0.6) is 5.75 Å². The number of ether oxygens (including phenoxy) is 2. The molecule has 0 aliphatic rings. The summed E-state index contributed by atoms with van der Waals surface area (Å²) in [6, 6.07) is 12.0. The lowest BCUT2D eigenvalue weighted by Crippen LogP contribution is -2.01. The van der Waals surface area contributed by atoms with Crippen LogP contribution < -0.4 is 4.74 Å². The fraction of sp³-hybridized carbons (Fsp3) is 0.174. The molecule has 12 heteroatoms. The molecule has 0 fully saturated rings. The average molecular weight is 551 g/mol. The normalized spacial score (nSPS) is 12.0. The van der Waals surface area contributed by atoms with Crippen LogP contribution in [0.25, 0.3) is 34.0 Å². The van der Waals surface area contributed by atoms with Gasteiger partial charge in [-0.2, -0.15) is 4.73 Å². The van der Waals surface area contributed by atoms with Crippen LogP contribution in [0.1, 0.15) is 0 Å². The molecule has 8 nitrogen and oxygen atoms in total. The molecule has 0 radical (unpaired) electrons. The highest BCUT2D eigenvalue weighted by Gasteiger charge is 2.26. The minimum atomic E-state index is -1.29. The molecule has 4 rings (SSSR count). The second-order valence-electron chi connectivity index (χ2n) is 7.17. The van der Waals surface area contributed by atoms with Crippen molar-refractivity contribution in [2.45, 2.75) is 10.1 Å². The van der Waals surface area contributed by atoms with E-state index in [0.29, 0.717) is 44.0 Å². The monoisotopic (exact) mass is 550 g/mol. The van der Waals surface area contributed by atoms with E-state index in [-0.39, 0.29) is 22.7 Å². The second-order valence-corrected chi connectivity index (χ2v) is 10.1. The Labute approximate surface area is 218 Å². The second kappa shape index (κ2) is 11.0.